The van der Waals surface area contributed by atoms with E-state index in [1.807, 2.05) is 6.07 Å². The zero-order valence-electron chi connectivity index (χ0n) is 9.78. The monoisotopic (exact) mass is 210 g/mol. The highest BCUT2D eigenvalue weighted by molar-refractivity contribution is 5.97. The van der Waals surface area contributed by atoms with Crippen LogP contribution in [-0.4, -0.2) is 9.55 Å². The summed E-state index contributed by atoms with van der Waals surface area (Å²) in [5.74, 6) is 0. The van der Waals surface area contributed by atoms with E-state index in [9.17, 15) is 0 Å². The fourth-order valence-electron chi connectivity index (χ4n) is 2.26. The molecule has 2 heterocycles. The Morgan fingerprint density at radius 1 is 1.12 bits per heavy atom. The smallest absolute Gasteiger partial charge is 0.0908 e. The van der Waals surface area contributed by atoms with Crippen LogP contribution in [0.4, 0.5) is 0 Å². The van der Waals surface area contributed by atoms with Crippen molar-refractivity contribution in [3.8, 4) is 11.3 Å². The molecule has 0 radical (unpaired) electrons. The lowest BCUT2D eigenvalue weighted by Crippen LogP contribution is -2.03. The summed E-state index contributed by atoms with van der Waals surface area (Å²) < 4.78 is 2.19. The van der Waals surface area contributed by atoms with Crippen molar-refractivity contribution in [2.45, 2.75) is 13.8 Å². The molecule has 0 aromatic heterocycles. The molecular weight excluding hydrogens is 196 g/mol. The van der Waals surface area contributed by atoms with Gasteiger partial charge < -0.3 is 4.57 Å². The molecule has 1 aromatic rings. The van der Waals surface area contributed by atoms with Crippen LogP contribution in [0.15, 0.2) is 30.3 Å². The lowest BCUT2D eigenvalue weighted by molar-refractivity contribution is 0.815. The number of pyridine rings is 1. The lowest BCUT2D eigenvalue weighted by atomic mass is 10.1. The third-order valence-corrected chi connectivity index (χ3v) is 3.41. The van der Waals surface area contributed by atoms with Crippen LogP contribution in [0.25, 0.3) is 22.2 Å². The van der Waals surface area contributed by atoms with Crippen LogP contribution in [0.3, 0.4) is 0 Å². The Morgan fingerprint density at radius 2 is 1.88 bits per heavy atom. The normalized spacial score (nSPS) is 11.4. The van der Waals surface area contributed by atoms with Crippen LogP contribution in [0.5, 0.6) is 0 Å². The van der Waals surface area contributed by atoms with Gasteiger partial charge in [-0.2, -0.15) is 0 Å². The van der Waals surface area contributed by atoms with E-state index in [0.29, 0.717) is 0 Å². The van der Waals surface area contributed by atoms with Gasteiger partial charge in [-0.05, 0) is 26.0 Å². The van der Waals surface area contributed by atoms with Gasteiger partial charge >= 0.3 is 0 Å². The molecule has 0 spiro atoms. The number of aromatic nitrogens is 2. The average molecular weight is 210 g/mol. The topological polar surface area (TPSA) is 17.8 Å². The van der Waals surface area contributed by atoms with E-state index in [-0.39, 0.29) is 0 Å². The minimum atomic E-state index is 1.09. The molecule has 0 atom stereocenters. The predicted octanol–water partition coefficient (Wildman–Crippen LogP) is 3.29. The molecule has 2 nitrogen and oxygen atoms in total. The van der Waals surface area contributed by atoms with Crippen LogP contribution < -0.4 is 0 Å². The van der Waals surface area contributed by atoms with Crippen LogP contribution in [0, 0.1) is 13.8 Å². The molecule has 80 valence electrons. The number of hydrogen-bond donors (Lipinski definition) is 0. The zero-order valence-corrected chi connectivity index (χ0v) is 9.78. The molecule has 2 heteroatoms. The van der Waals surface area contributed by atoms with E-state index in [0.717, 1.165) is 11.2 Å². The number of benzene rings is 1. The summed E-state index contributed by atoms with van der Waals surface area (Å²) in [5, 5.41) is 1.25. The van der Waals surface area contributed by atoms with Gasteiger partial charge in [-0.15, -0.1) is 0 Å². The first-order chi connectivity index (χ1) is 7.68. The van der Waals surface area contributed by atoms with E-state index in [4.69, 9.17) is 4.98 Å². The lowest BCUT2D eigenvalue weighted by Gasteiger charge is -2.12. The summed E-state index contributed by atoms with van der Waals surface area (Å²) >= 11 is 0. The second-order valence-electron chi connectivity index (χ2n) is 4.32. The van der Waals surface area contributed by atoms with Crippen molar-refractivity contribution in [1.29, 1.82) is 0 Å². The molecule has 1 aromatic carbocycles. The molecule has 16 heavy (non-hydrogen) atoms. The first-order valence-corrected chi connectivity index (χ1v) is 5.50. The highest BCUT2D eigenvalue weighted by Gasteiger charge is 2.15. The standard InChI is InChI=1S/C14H14N2/c1-9-8-12-11-6-4-5-7-13(11)15-14(12)10(2)16(9)3/h4-8H,1-3H3. The van der Waals surface area contributed by atoms with Gasteiger partial charge in [0.05, 0.1) is 11.2 Å². The third-order valence-electron chi connectivity index (χ3n) is 3.41. The molecule has 3 rings (SSSR count). The van der Waals surface area contributed by atoms with Gasteiger partial charge in [0.15, 0.2) is 0 Å². The van der Waals surface area contributed by atoms with Crippen molar-refractivity contribution in [3.63, 3.8) is 0 Å². The molecule has 0 unspecified atom stereocenters. The fourth-order valence-corrected chi connectivity index (χ4v) is 2.26. The predicted molar refractivity (Wildman–Crippen MR) is 66.8 cm³/mol. The maximum atomic E-state index is 4.70. The van der Waals surface area contributed by atoms with E-state index in [1.54, 1.807) is 0 Å². The summed E-state index contributed by atoms with van der Waals surface area (Å²) in [6.45, 7) is 4.26. The van der Waals surface area contributed by atoms with Gasteiger partial charge in [0.25, 0.3) is 0 Å². The van der Waals surface area contributed by atoms with Gasteiger partial charge in [0.1, 0.15) is 0 Å². The van der Waals surface area contributed by atoms with E-state index in [2.05, 4.69) is 49.7 Å². The zero-order chi connectivity index (χ0) is 11.3. The molecule has 0 N–H and O–H groups in total. The molecule has 2 aliphatic heterocycles. The van der Waals surface area contributed by atoms with Gasteiger partial charge in [-0.1, -0.05) is 18.2 Å². The van der Waals surface area contributed by atoms with Crippen LogP contribution in [-0.2, 0) is 7.05 Å². The Balaban J connectivity index is 2.54. The first-order valence-electron chi connectivity index (χ1n) is 5.50. The SMILES string of the molecule is Cc1cc2c3ccccc3nc-2c(C)n1C. The molecule has 0 saturated heterocycles. The Kier molecular flexibility index (Phi) is 1.81. The summed E-state index contributed by atoms with van der Waals surface area (Å²) in [6, 6.07) is 10.5. The van der Waals surface area contributed by atoms with Gasteiger partial charge in [-0.25, -0.2) is 4.98 Å². The molecule has 0 aliphatic carbocycles. The van der Waals surface area contributed by atoms with Gasteiger partial charge in [0, 0.05) is 29.4 Å². The highest BCUT2D eigenvalue weighted by atomic mass is 15.0. The van der Waals surface area contributed by atoms with Crippen LogP contribution in [0.2, 0.25) is 0 Å². The second kappa shape index (κ2) is 3.08. The van der Waals surface area contributed by atoms with Gasteiger partial charge in [-0.3, -0.25) is 0 Å². The van der Waals surface area contributed by atoms with Crippen molar-refractivity contribution >= 4 is 10.9 Å². The quantitative estimate of drug-likeness (QED) is 0.556. The maximum absolute atomic E-state index is 4.70. The number of para-hydroxylation sites is 1. The summed E-state index contributed by atoms with van der Waals surface area (Å²) in [4.78, 5) is 4.70. The van der Waals surface area contributed by atoms with Crippen molar-refractivity contribution in [2.24, 2.45) is 7.05 Å². The molecule has 0 saturated carbocycles. The van der Waals surface area contributed by atoms with Crippen molar-refractivity contribution < 1.29 is 0 Å². The second-order valence-corrected chi connectivity index (χ2v) is 4.32. The Morgan fingerprint density at radius 3 is 2.69 bits per heavy atom. The van der Waals surface area contributed by atoms with Crippen LogP contribution >= 0.6 is 0 Å². The first kappa shape index (κ1) is 9.40. The number of fused-ring (bicyclic) bond motifs is 3. The number of rotatable bonds is 0. The largest absolute Gasteiger partial charge is 0.350 e. The molecule has 0 bridgehead atoms. The minimum absolute atomic E-state index is 1.09. The van der Waals surface area contributed by atoms with E-state index >= 15 is 0 Å². The van der Waals surface area contributed by atoms with E-state index < -0.39 is 0 Å². The van der Waals surface area contributed by atoms with Crippen LogP contribution in [0.1, 0.15) is 11.4 Å². The average Bonchev–Trinajstić information content (AvgIpc) is 2.65. The van der Waals surface area contributed by atoms with E-state index in [1.165, 1.54) is 22.3 Å². The number of hydrogen-bond acceptors (Lipinski definition) is 1. The number of aryl methyl sites for hydroxylation is 1. The Hall–Kier alpha value is -1.83. The molecule has 0 fully saturated rings. The highest BCUT2D eigenvalue weighted by Crippen LogP contribution is 2.33. The fraction of sp³-hybridized carbons (Fsp3) is 0.214. The minimum Gasteiger partial charge on any atom is -0.350 e. The summed E-state index contributed by atoms with van der Waals surface area (Å²) in [6.07, 6.45) is 0. The summed E-state index contributed by atoms with van der Waals surface area (Å²) in [7, 11) is 2.09. The summed E-state index contributed by atoms with van der Waals surface area (Å²) in [5.41, 5.74) is 5.97. The Bertz CT molecular complexity index is 649. The maximum Gasteiger partial charge on any atom is 0.0908 e. The number of nitrogens with zero attached hydrogens (tertiary/aromatic N) is 2. The van der Waals surface area contributed by atoms with Gasteiger partial charge in [0.2, 0.25) is 0 Å². The molecular formula is C14H14N2. The molecule has 0 amide bonds. The van der Waals surface area contributed by atoms with Crippen molar-refractivity contribution in [2.75, 3.05) is 0 Å². The third kappa shape index (κ3) is 1.10. The van der Waals surface area contributed by atoms with Crippen molar-refractivity contribution in [3.05, 3.63) is 41.7 Å². The Labute approximate surface area is 94.9 Å². The van der Waals surface area contributed by atoms with Crippen molar-refractivity contribution in [1.82, 2.24) is 9.55 Å². The molecule has 2 aliphatic rings.